The number of nitrogens with one attached hydrogen (secondary N) is 1. The van der Waals surface area contributed by atoms with Crippen molar-refractivity contribution in [3.63, 3.8) is 0 Å². The van der Waals surface area contributed by atoms with Crippen LogP contribution in [0.25, 0.3) is 16.9 Å². The Hall–Kier alpha value is -4.02. The first-order valence-corrected chi connectivity index (χ1v) is 11.4. The van der Waals surface area contributed by atoms with Crippen molar-refractivity contribution in [3.05, 3.63) is 90.4 Å². The third kappa shape index (κ3) is 4.92. The second-order valence-electron chi connectivity index (χ2n) is 7.11. The molecule has 0 aliphatic carbocycles. The number of pyridine rings is 1. The Morgan fingerprint density at radius 1 is 1.09 bits per heavy atom. The van der Waals surface area contributed by atoms with Gasteiger partial charge in [0.2, 0.25) is 10.0 Å². The molecule has 0 bridgehead atoms. The molecule has 9 nitrogen and oxygen atoms in total. The van der Waals surface area contributed by atoms with Gasteiger partial charge in [-0.3, -0.25) is 9.78 Å². The minimum Gasteiger partial charge on any atom is -0.496 e. The van der Waals surface area contributed by atoms with Gasteiger partial charge in [0.1, 0.15) is 5.75 Å². The van der Waals surface area contributed by atoms with Crippen molar-refractivity contribution in [1.29, 1.82) is 0 Å². The van der Waals surface area contributed by atoms with E-state index in [-0.39, 0.29) is 22.8 Å². The van der Waals surface area contributed by atoms with Crippen molar-refractivity contribution < 1.29 is 17.9 Å². The fourth-order valence-corrected chi connectivity index (χ4v) is 3.86. The largest absolute Gasteiger partial charge is 0.496 e. The number of carbonyl (C=O) groups excluding carboxylic acids is 1. The van der Waals surface area contributed by atoms with E-state index in [0.29, 0.717) is 5.69 Å². The number of nitrogens with zero attached hydrogens (tertiary/aromatic N) is 3. The van der Waals surface area contributed by atoms with Crippen molar-refractivity contribution in [2.24, 2.45) is 5.14 Å². The molecular formula is C23H21N5O4S. The summed E-state index contributed by atoms with van der Waals surface area (Å²) in [7, 11) is -2.58. The maximum atomic E-state index is 12.9. The summed E-state index contributed by atoms with van der Waals surface area (Å²) in [6, 6.07) is 17.1. The summed E-state index contributed by atoms with van der Waals surface area (Å²) in [4.78, 5) is 16.8. The zero-order valence-electron chi connectivity index (χ0n) is 17.7. The molecule has 0 radical (unpaired) electrons. The van der Waals surface area contributed by atoms with Crippen LogP contribution in [0.2, 0.25) is 0 Å². The summed E-state index contributed by atoms with van der Waals surface area (Å²) < 4.78 is 30.4. The average Bonchev–Trinajstić information content (AvgIpc) is 3.27. The molecule has 4 rings (SSSR count). The fraction of sp³-hybridized carbons (Fsp3) is 0.0870. The zero-order valence-corrected chi connectivity index (χ0v) is 18.5. The molecule has 0 saturated heterocycles. The van der Waals surface area contributed by atoms with Crippen molar-refractivity contribution in [1.82, 2.24) is 20.1 Å². The summed E-state index contributed by atoms with van der Waals surface area (Å²) in [6.07, 6.45) is 5.18. The van der Waals surface area contributed by atoms with Crippen LogP contribution in [0.5, 0.6) is 5.75 Å². The first kappa shape index (κ1) is 22.2. The Morgan fingerprint density at radius 3 is 2.48 bits per heavy atom. The first-order chi connectivity index (χ1) is 15.9. The van der Waals surface area contributed by atoms with Crippen LogP contribution in [0.1, 0.15) is 15.9 Å². The molecule has 0 aliphatic heterocycles. The highest BCUT2D eigenvalue weighted by molar-refractivity contribution is 7.89. The lowest BCUT2D eigenvalue weighted by Crippen LogP contribution is -2.24. The second kappa shape index (κ2) is 9.23. The lowest BCUT2D eigenvalue weighted by molar-refractivity contribution is 0.0947. The van der Waals surface area contributed by atoms with Crippen molar-refractivity contribution >= 4 is 15.9 Å². The smallest absolute Gasteiger partial charge is 0.255 e. The van der Waals surface area contributed by atoms with Gasteiger partial charge in [0, 0.05) is 36.3 Å². The molecule has 10 heteroatoms. The number of amides is 1. The number of hydrogen-bond acceptors (Lipinski definition) is 6. The molecule has 2 aromatic heterocycles. The predicted octanol–water partition coefficient (Wildman–Crippen LogP) is 2.52. The highest BCUT2D eigenvalue weighted by Gasteiger charge is 2.19. The number of hydrogen-bond donors (Lipinski definition) is 2. The molecule has 4 aromatic rings. The van der Waals surface area contributed by atoms with Gasteiger partial charge in [0.15, 0.2) is 0 Å². The van der Waals surface area contributed by atoms with Crippen LogP contribution in [0, 0.1) is 0 Å². The number of methoxy groups -OCH3 is 1. The molecule has 0 saturated carbocycles. The quantitative estimate of drug-likeness (QED) is 0.433. The molecule has 0 atom stereocenters. The standard InChI is InChI=1S/C23H21N5O4S/c1-32-21-8-7-19(33(24,30)31)13-20(21)23(29)26-14-17-15-28(18-5-3-2-4-6-18)27-22(17)16-9-11-25-12-10-16/h2-13,15H,14H2,1H3,(H,26,29)(H2,24,30,31). The van der Waals surface area contributed by atoms with Gasteiger partial charge in [-0.25, -0.2) is 18.2 Å². The second-order valence-corrected chi connectivity index (χ2v) is 8.67. The Balaban J connectivity index is 1.66. The van der Waals surface area contributed by atoms with Gasteiger partial charge >= 0.3 is 0 Å². The summed E-state index contributed by atoms with van der Waals surface area (Å²) in [5.41, 5.74) is 3.22. The SMILES string of the molecule is COc1ccc(S(N)(=O)=O)cc1C(=O)NCc1cn(-c2ccccc2)nc1-c1ccncc1. The normalized spacial score (nSPS) is 11.2. The lowest BCUT2D eigenvalue weighted by atomic mass is 10.1. The van der Waals surface area contributed by atoms with Crippen LogP contribution < -0.4 is 15.2 Å². The number of aromatic nitrogens is 3. The van der Waals surface area contributed by atoms with Gasteiger partial charge in [-0.15, -0.1) is 0 Å². The van der Waals surface area contributed by atoms with Gasteiger partial charge < -0.3 is 10.1 Å². The molecule has 0 fully saturated rings. The first-order valence-electron chi connectivity index (χ1n) is 9.90. The number of ether oxygens (including phenoxy) is 1. The Bertz CT molecular complexity index is 1390. The number of carbonyl (C=O) groups is 1. The average molecular weight is 464 g/mol. The molecule has 2 aromatic carbocycles. The molecule has 3 N–H and O–H groups in total. The van der Waals surface area contributed by atoms with Crippen LogP contribution in [0.15, 0.2) is 84.1 Å². The minimum atomic E-state index is -3.98. The number of sulfonamides is 1. The van der Waals surface area contributed by atoms with Crippen LogP contribution in [-0.4, -0.2) is 36.2 Å². The van der Waals surface area contributed by atoms with Crippen molar-refractivity contribution in [3.8, 4) is 22.7 Å². The molecule has 33 heavy (non-hydrogen) atoms. The van der Waals surface area contributed by atoms with Gasteiger partial charge in [-0.1, -0.05) is 18.2 Å². The molecule has 168 valence electrons. The molecule has 0 spiro atoms. The van der Waals surface area contributed by atoms with Crippen LogP contribution >= 0.6 is 0 Å². The third-order valence-electron chi connectivity index (χ3n) is 4.95. The molecule has 0 aliphatic rings. The Kier molecular flexibility index (Phi) is 6.20. The number of nitrogens with two attached hydrogens (primary N) is 1. The monoisotopic (exact) mass is 463 g/mol. The summed E-state index contributed by atoms with van der Waals surface area (Å²) in [5.74, 6) is -0.278. The molecular weight excluding hydrogens is 442 g/mol. The Labute approximate surface area is 190 Å². The number of primary sulfonamides is 1. The van der Waals surface area contributed by atoms with Crippen molar-refractivity contribution in [2.45, 2.75) is 11.4 Å². The summed E-state index contributed by atoms with van der Waals surface area (Å²) >= 11 is 0. The van der Waals surface area contributed by atoms with E-state index in [4.69, 9.17) is 15.0 Å². The van der Waals surface area contributed by atoms with E-state index in [9.17, 15) is 13.2 Å². The van der Waals surface area contributed by atoms with E-state index in [0.717, 1.165) is 16.8 Å². The Morgan fingerprint density at radius 2 is 1.82 bits per heavy atom. The minimum absolute atomic E-state index is 0.0601. The van der Waals surface area contributed by atoms with Gasteiger partial charge in [0.05, 0.1) is 29.0 Å². The number of rotatable bonds is 7. The predicted molar refractivity (Wildman–Crippen MR) is 122 cm³/mol. The van der Waals surface area contributed by atoms with Gasteiger partial charge in [-0.05, 0) is 42.5 Å². The highest BCUT2D eigenvalue weighted by atomic mass is 32.2. The van der Waals surface area contributed by atoms with Crippen LogP contribution in [0.3, 0.4) is 0 Å². The summed E-state index contributed by atoms with van der Waals surface area (Å²) in [5, 5.41) is 12.7. The van der Waals surface area contributed by atoms with E-state index >= 15 is 0 Å². The summed E-state index contributed by atoms with van der Waals surface area (Å²) in [6.45, 7) is 0.145. The fourth-order valence-electron chi connectivity index (χ4n) is 3.32. The molecule has 0 unspecified atom stereocenters. The lowest BCUT2D eigenvalue weighted by Gasteiger charge is -2.11. The van der Waals surface area contributed by atoms with Crippen LogP contribution in [0.4, 0.5) is 0 Å². The third-order valence-corrected chi connectivity index (χ3v) is 5.86. The highest BCUT2D eigenvalue weighted by Crippen LogP contribution is 2.25. The number of para-hydroxylation sites is 1. The van der Waals surface area contributed by atoms with E-state index < -0.39 is 15.9 Å². The van der Waals surface area contributed by atoms with E-state index in [2.05, 4.69) is 10.3 Å². The van der Waals surface area contributed by atoms with E-state index in [1.54, 1.807) is 17.1 Å². The number of benzene rings is 2. The van der Waals surface area contributed by atoms with Gasteiger partial charge in [0.25, 0.3) is 5.91 Å². The van der Waals surface area contributed by atoms with Crippen molar-refractivity contribution in [2.75, 3.05) is 7.11 Å². The molecule has 1 amide bonds. The maximum absolute atomic E-state index is 12.9. The van der Waals surface area contributed by atoms with E-state index in [1.165, 1.54) is 25.3 Å². The maximum Gasteiger partial charge on any atom is 0.255 e. The zero-order chi connectivity index (χ0) is 23.4. The van der Waals surface area contributed by atoms with E-state index in [1.807, 2.05) is 48.7 Å². The van der Waals surface area contributed by atoms with Crippen LogP contribution in [-0.2, 0) is 16.6 Å². The van der Waals surface area contributed by atoms with Gasteiger partial charge in [-0.2, -0.15) is 5.10 Å². The molecule has 2 heterocycles. The topological polar surface area (TPSA) is 129 Å².